The molecule has 0 spiro atoms. The van der Waals surface area contributed by atoms with Crippen molar-refractivity contribution in [1.82, 2.24) is 9.97 Å². The third kappa shape index (κ3) is 7.74. The van der Waals surface area contributed by atoms with Crippen LogP contribution in [0.25, 0.3) is 6.08 Å². The summed E-state index contributed by atoms with van der Waals surface area (Å²) >= 11 is 0. The largest absolute Gasteiger partial charge is 0.494 e. The highest BCUT2D eigenvalue weighted by Crippen LogP contribution is 2.27. The number of ether oxygens (including phenoxy) is 2. The lowest BCUT2D eigenvalue weighted by atomic mass is 10.1. The number of unbranched alkanes of at least 4 members (excludes halogenated alkanes) is 10. The molecule has 0 fully saturated rings. The van der Waals surface area contributed by atoms with Crippen LogP contribution >= 0.6 is 0 Å². The topological polar surface area (TPSA) is 79.5 Å². The average Bonchev–Trinajstić information content (AvgIpc) is 3.59. The zero-order chi connectivity index (χ0) is 25.8. The van der Waals surface area contributed by atoms with Crippen molar-refractivity contribution in [1.29, 1.82) is 0 Å². The Kier molecular flexibility index (Phi) is 11.1. The highest BCUT2D eigenvalue weighted by molar-refractivity contribution is 6.11. The lowest BCUT2D eigenvalue weighted by molar-refractivity contribution is 0.0496. The molecule has 3 heterocycles. The molecule has 0 radical (unpaired) electrons. The molecular formula is C30H43N3O3. The van der Waals surface area contributed by atoms with E-state index >= 15 is 0 Å². The molecule has 0 unspecified atom stereocenters. The van der Waals surface area contributed by atoms with E-state index < -0.39 is 0 Å². The summed E-state index contributed by atoms with van der Waals surface area (Å²) in [5.41, 5.74) is 5.57. The van der Waals surface area contributed by atoms with Crippen LogP contribution in [-0.4, -0.2) is 35.4 Å². The van der Waals surface area contributed by atoms with Gasteiger partial charge in [0, 0.05) is 23.7 Å². The first-order valence-electron chi connectivity index (χ1n) is 13.6. The predicted molar refractivity (Wildman–Crippen MR) is 147 cm³/mol. The first-order valence-corrected chi connectivity index (χ1v) is 13.6. The highest BCUT2D eigenvalue weighted by Gasteiger charge is 2.21. The number of H-pyrrole nitrogens is 2. The van der Waals surface area contributed by atoms with Gasteiger partial charge in [-0.2, -0.15) is 0 Å². The van der Waals surface area contributed by atoms with Crippen molar-refractivity contribution in [3.8, 4) is 0 Å². The normalized spacial score (nSPS) is 14.3. The fourth-order valence-electron chi connectivity index (χ4n) is 4.67. The Morgan fingerprint density at radius 1 is 1.00 bits per heavy atom. The number of aromatic amines is 2. The van der Waals surface area contributed by atoms with Gasteiger partial charge >= 0.3 is 5.97 Å². The van der Waals surface area contributed by atoms with E-state index in [0.29, 0.717) is 23.6 Å². The van der Waals surface area contributed by atoms with Gasteiger partial charge in [-0.25, -0.2) is 9.79 Å². The molecule has 0 atom stereocenters. The van der Waals surface area contributed by atoms with Gasteiger partial charge in [0.25, 0.3) is 0 Å². The Morgan fingerprint density at radius 3 is 2.28 bits per heavy atom. The number of nitrogens with zero attached hydrogens (tertiary/aromatic N) is 1. The summed E-state index contributed by atoms with van der Waals surface area (Å²) in [5.74, 6) is 0.425. The van der Waals surface area contributed by atoms with Crippen molar-refractivity contribution >= 4 is 17.8 Å². The number of carbonyl (C=O) groups excluding carboxylic acids is 1. The number of allylic oxidation sites excluding steroid dienone is 1. The van der Waals surface area contributed by atoms with Crippen LogP contribution in [-0.2, 0) is 9.47 Å². The number of nitrogens with one attached hydrogen (secondary N) is 2. The van der Waals surface area contributed by atoms with E-state index in [0.717, 1.165) is 41.2 Å². The number of aromatic nitrogens is 2. The molecule has 2 aromatic heterocycles. The van der Waals surface area contributed by atoms with Gasteiger partial charge in [0.05, 0.1) is 30.7 Å². The molecule has 6 heteroatoms. The maximum absolute atomic E-state index is 12.8. The molecule has 0 saturated heterocycles. The molecule has 0 saturated carbocycles. The number of hydrogen-bond acceptors (Lipinski definition) is 4. The van der Waals surface area contributed by atoms with E-state index in [-0.39, 0.29) is 5.97 Å². The van der Waals surface area contributed by atoms with Crippen LogP contribution in [0.2, 0.25) is 0 Å². The summed E-state index contributed by atoms with van der Waals surface area (Å²) in [5, 5.41) is 0. The third-order valence-corrected chi connectivity index (χ3v) is 6.80. The summed E-state index contributed by atoms with van der Waals surface area (Å²) in [6, 6.07) is 3.91. The fourth-order valence-corrected chi connectivity index (χ4v) is 4.67. The van der Waals surface area contributed by atoms with Crippen molar-refractivity contribution in [3.63, 3.8) is 0 Å². The summed E-state index contributed by atoms with van der Waals surface area (Å²) in [6.45, 7) is 6.57. The Bertz CT molecular complexity index is 1060. The molecule has 36 heavy (non-hydrogen) atoms. The zero-order valence-electron chi connectivity index (χ0n) is 22.5. The monoisotopic (exact) mass is 493 g/mol. The summed E-state index contributed by atoms with van der Waals surface area (Å²) < 4.78 is 11.2. The maximum Gasteiger partial charge on any atom is 0.340 e. The van der Waals surface area contributed by atoms with Gasteiger partial charge in [0.1, 0.15) is 11.5 Å². The van der Waals surface area contributed by atoms with Crippen molar-refractivity contribution in [2.45, 2.75) is 91.4 Å². The van der Waals surface area contributed by atoms with Crippen molar-refractivity contribution in [3.05, 3.63) is 64.1 Å². The quantitative estimate of drug-likeness (QED) is 0.185. The van der Waals surface area contributed by atoms with Crippen molar-refractivity contribution in [2.24, 2.45) is 4.99 Å². The van der Waals surface area contributed by atoms with Gasteiger partial charge in [-0.1, -0.05) is 71.1 Å². The second kappa shape index (κ2) is 14.5. The summed E-state index contributed by atoms with van der Waals surface area (Å²) in [4.78, 5) is 24.0. The second-order valence-corrected chi connectivity index (χ2v) is 9.66. The van der Waals surface area contributed by atoms with Gasteiger partial charge in [0.2, 0.25) is 0 Å². The fraction of sp³-hybridized carbons (Fsp3) is 0.533. The van der Waals surface area contributed by atoms with Crippen LogP contribution in [0.4, 0.5) is 0 Å². The number of carbonyl (C=O) groups is 1. The SMILES string of the molecule is CCCCCCCCCCCCCOC(=O)c1c(C)[nH]c(/C=C2\N=C(c3ccc[nH]3)C=C2OC)c1C. The molecular weight excluding hydrogens is 450 g/mol. The molecule has 2 N–H and O–H groups in total. The van der Waals surface area contributed by atoms with E-state index in [1.54, 1.807) is 7.11 Å². The number of aryl methyl sites for hydroxylation is 1. The smallest absolute Gasteiger partial charge is 0.340 e. The van der Waals surface area contributed by atoms with Gasteiger partial charge in [-0.15, -0.1) is 0 Å². The van der Waals surface area contributed by atoms with Crippen LogP contribution in [0.1, 0.15) is 111 Å². The van der Waals surface area contributed by atoms with E-state index in [2.05, 4.69) is 16.9 Å². The minimum Gasteiger partial charge on any atom is -0.494 e. The first-order chi connectivity index (χ1) is 17.5. The Labute approximate surface area is 216 Å². The van der Waals surface area contributed by atoms with Crippen LogP contribution in [0.3, 0.4) is 0 Å². The van der Waals surface area contributed by atoms with Crippen LogP contribution in [0, 0.1) is 13.8 Å². The Balaban J connectivity index is 1.46. The molecule has 1 aliphatic rings. The van der Waals surface area contributed by atoms with Crippen molar-refractivity contribution < 1.29 is 14.3 Å². The molecule has 0 aromatic carbocycles. The molecule has 196 valence electrons. The molecule has 0 amide bonds. The average molecular weight is 494 g/mol. The highest BCUT2D eigenvalue weighted by atomic mass is 16.5. The van der Waals surface area contributed by atoms with E-state index in [1.165, 1.54) is 57.8 Å². The minimum atomic E-state index is -0.262. The number of methoxy groups -OCH3 is 1. The third-order valence-electron chi connectivity index (χ3n) is 6.80. The molecule has 3 rings (SSSR count). The van der Waals surface area contributed by atoms with Gasteiger partial charge in [0.15, 0.2) is 0 Å². The summed E-state index contributed by atoms with van der Waals surface area (Å²) in [6.07, 6.45) is 19.7. The van der Waals surface area contributed by atoms with Gasteiger partial charge in [-0.3, -0.25) is 0 Å². The Hall–Kier alpha value is -3.02. The van der Waals surface area contributed by atoms with Crippen LogP contribution in [0.15, 0.2) is 40.9 Å². The number of aliphatic imine (C=N–C) groups is 1. The molecule has 0 aliphatic carbocycles. The van der Waals surface area contributed by atoms with Crippen LogP contribution < -0.4 is 0 Å². The van der Waals surface area contributed by atoms with E-state index in [1.807, 2.05) is 44.3 Å². The van der Waals surface area contributed by atoms with Gasteiger partial charge in [-0.05, 0) is 44.0 Å². The van der Waals surface area contributed by atoms with E-state index in [9.17, 15) is 4.79 Å². The Morgan fingerprint density at radius 2 is 1.67 bits per heavy atom. The first kappa shape index (κ1) is 27.6. The second-order valence-electron chi connectivity index (χ2n) is 9.66. The minimum absolute atomic E-state index is 0.262. The van der Waals surface area contributed by atoms with Gasteiger partial charge < -0.3 is 19.4 Å². The van der Waals surface area contributed by atoms with E-state index in [4.69, 9.17) is 14.5 Å². The molecule has 6 nitrogen and oxygen atoms in total. The zero-order valence-corrected chi connectivity index (χ0v) is 22.5. The number of esters is 1. The van der Waals surface area contributed by atoms with Crippen molar-refractivity contribution in [2.75, 3.05) is 13.7 Å². The predicted octanol–water partition coefficient (Wildman–Crippen LogP) is 7.80. The molecule has 2 aromatic rings. The standard InChI is InChI=1S/C30H43N3O3/c1-5-6-7-8-9-10-11-12-13-14-15-19-36-30(34)29-22(2)25(32-23(29)3)20-27-28(35-4)21-26(33-27)24-17-16-18-31-24/h16-18,20-21,31-32H,5-15,19H2,1-4H3/b27-20-. The molecule has 0 bridgehead atoms. The number of rotatable bonds is 16. The summed E-state index contributed by atoms with van der Waals surface area (Å²) in [7, 11) is 1.64. The maximum atomic E-state index is 12.8. The molecule has 1 aliphatic heterocycles. The van der Waals surface area contributed by atoms with Crippen LogP contribution in [0.5, 0.6) is 0 Å². The lowest BCUT2D eigenvalue weighted by Crippen LogP contribution is -2.08. The number of hydrogen-bond donors (Lipinski definition) is 2. The lowest BCUT2D eigenvalue weighted by Gasteiger charge is -2.06.